The summed E-state index contributed by atoms with van der Waals surface area (Å²) in [5.74, 6) is 0.894. The lowest BCUT2D eigenvalue weighted by atomic mass is 10.1. The van der Waals surface area contributed by atoms with Gasteiger partial charge in [0.05, 0.1) is 12.1 Å². The maximum atomic E-state index is 14.1. The van der Waals surface area contributed by atoms with Gasteiger partial charge in [-0.2, -0.15) is 0 Å². The topological polar surface area (TPSA) is 52.5 Å². The Kier molecular flexibility index (Phi) is 15.0. The highest BCUT2D eigenvalue weighted by atomic mass is 16.5. The van der Waals surface area contributed by atoms with Gasteiger partial charge in [-0.05, 0) is 76.3 Å². The summed E-state index contributed by atoms with van der Waals surface area (Å²) >= 11 is 0. The van der Waals surface area contributed by atoms with Gasteiger partial charge in [0.1, 0.15) is 6.61 Å². The lowest BCUT2D eigenvalue weighted by molar-refractivity contribution is 0.278. The van der Waals surface area contributed by atoms with Crippen molar-refractivity contribution < 1.29 is 9.47 Å². The highest BCUT2D eigenvalue weighted by Gasteiger charge is 2.20. The van der Waals surface area contributed by atoms with Crippen LogP contribution in [0.25, 0.3) is 10.9 Å². The minimum absolute atomic E-state index is 0.108. The van der Waals surface area contributed by atoms with Crippen LogP contribution in [0.15, 0.2) is 76.6 Å². The van der Waals surface area contributed by atoms with Crippen molar-refractivity contribution in [3.05, 3.63) is 87.7 Å². The monoisotopic (exact) mass is 586 g/mol. The minimum Gasteiger partial charge on any atom is -0.489 e. The maximum absolute atomic E-state index is 14.1. The molecule has 5 nitrogen and oxygen atoms in total. The molecular weight excluding hydrogens is 532 g/mol. The molecule has 0 unspecified atom stereocenters. The molecule has 0 saturated heterocycles. The Morgan fingerprint density at radius 2 is 1.58 bits per heavy atom. The second-order valence-corrected chi connectivity index (χ2v) is 11.8. The van der Waals surface area contributed by atoms with Crippen LogP contribution in [0.2, 0.25) is 0 Å². The van der Waals surface area contributed by atoms with E-state index in [-0.39, 0.29) is 5.56 Å². The van der Waals surface area contributed by atoms with Crippen LogP contribution in [0, 0.1) is 0 Å². The number of allylic oxidation sites excluding steroid dienone is 3. The van der Waals surface area contributed by atoms with E-state index in [4.69, 9.17) is 9.47 Å². The molecule has 0 fully saturated rings. The average molecular weight is 587 g/mol. The van der Waals surface area contributed by atoms with Gasteiger partial charge in [0.15, 0.2) is 5.75 Å². The molecule has 0 bridgehead atoms. The zero-order chi connectivity index (χ0) is 30.9. The average Bonchev–Trinajstić information content (AvgIpc) is 3.00. The Bertz CT molecular complexity index is 1370. The highest BCUT2D eigenvalue weighted by molar-refractivity contribution is 5.90. The molecule has 3 aromatic rings. The van der Waals surface area contributed by atoms with E-state index in [9.17, 15) is 4.79 Å². The van der Waals surface area contributed by atoms with E-state index in [1.165, 1.54) is 42.4 Å². The van der Waals surface area contributed by atoms with Gasteiger partial charge in [-0.25, -0.2) is 0 Å². The fourth-order valence-electron chi connectivity index (χ4n) is 5.13. The first-order valence-corrected chi connectivity index (χ1v) is 16.5. The SMILES string of the molecule is CCCCCCCCn1c(=O)c(OC/C=C(\C)CCC=C(C)C)c(OCCCC)c2ccc(NCc3ccccc3)cc21. The Balaban J connectivity index is 1.96. The second-order valence-electron chi connectivity index (χ2n) is 11.8. The zero-order valence-electron chi connectivity index (χ0n) is 27.3. The fraction of sp³-hybridized carbons (Fsp3) is 0.500. The molecule has 0 aliphatic rings. The lowest BCUT2D eigenvalue weighted by Crippen LogP contribution is -2.24. The largest absolute Gasteiger partial charge is 0.489 e. The van der Waals surface area contributed by atoms with Gasteiger partial charge in [0, 0.05) is 24.2 Å². The second kappa shape index (κ2) is 18.9. The van der Waals surface area contributed by atoms with Crippen LogP contribution in [0.5, 0.6) is 11.5 Å². The van der Waals surface area contributed by atoms with Crippen LogP contribution >= 0.6 is 0 Å². The van der Waals surface area contributed by atoms with Crippen LogP contribution in [0.1, 0.15) is 104 Å². The number of unbranched alkanes of at least 4 members (excludes halogenated alkanes) is 6. The molecule has 1 aromatic heterocycles. The summed E-state index contributed by atoms with van der Waals surface area (Å²) in [6.07, 6.45) is 15.3. The van der Waals surface area contributed by atoms with Gasteiger partial charge in [0.25, 0.3) is 5.56 Å². The number of aromatic nitrogens is 1. The smallest absolute Gasteiger partial charge is 0.297 e. The van der Waals surface area contributed by atoms with Crippen molar-refractivity contribution in [2.24, 2.45) is 0 Å². The molecule has 1 heterocycles. The molecule has 0 atom stereocenters. The molecule has 43 heavy (non-hydrogen) atoms. The van der Waals surface area contributed by atoms with E-state index in [0.717, 1.165) is 55.1 Å². The quantitative estimate of drug-likeness (QED) is 0.106. The van der Waals surface area contributed by atoms with Crippen LogP contribution < -0.4 is 20.3 Å². The summed E-state index contributed by atoms with van der Waals surface area (Å²) in [5.41, 5.74) is 5.57. The molecule has 0 aliphatic carbocycles. The zero-order valence-corrected chi connectivity index (χ0v) is 27.3. The molecule has 234 valence electrons. The number of aryl methyl sites for hydroxylation is 1. The summed E-state index contributed by atoms with van der Waals surface area (Å²) in [7, 11) is 0. The van der Waals surface area contributed by atoms with E-state index in [1.54, 1.807) is 0 Å². The molecule has 0 spiro atoms. The Hall–Kier alpha value is -3.47. The van der Waals surface area contributed by atoms with E-state index >= 15 is 0 Å². The van der Waals surface area contributed by atoms with Gasteiger partial charge < -0.3 is 19.4 Å². The number of pyridine rings is 1. The van der Waals surface area contributed by atoms with Crippen LogP contribution in [-0.2, 0) is 13.1 Å². The van der Waals surface area contributed by atoms with E-state index < -0.39 is 0 Å². The van der Waals surface area contributed by atoms with Gasteiger partial charge in [-0.3, -0.25) is 4.79 Å². The third kappa shape index (κ3) is 11.3. The van der Waals surface area contributed by atoms with Crippen molar-refractivity contribution in [1.82, 2.24) is 4.57 Å². The molecule has 1 N–H and O–H groups in total. The molecule has 3 rings (SSSR count). The van der Waals surface area contributed by atoms with Gasteiger partial charge in [0.2, 0.25) is 5.75 Å². The predicted molar refractivity (Wildman–Crippen MR) is 184 cm³/mol. The van der Waals surface area contributed by atoms with Crippen LogP contribution in [-0.4, -0.2) is 17.8 Å². The first kappa shape index (κ1) is 34.0. The number of ether oxygens (including phenoxy) is 2. The normalized spacial score (nSPS) is 11.5. The molecule has 2 aromatic carbocycles. The number of hydrogen-bond acceptors (Lipinski definition) is 4. The number of benzene rings is 2. The number of nitrogens with zero attached hydrogens (tertiary/aromatic N) is 1. The summed E-state index contributed by atoms with van der Waals surface area (Å²) in [6, 6.07) is 16.6. The van der Waals surface area contributed by atoms with Gasteiger partial charge in [-0.1, -0.05) is 99.9 Å². The Labute approximate surface area is 260 Å². The number of nitrogens with one attached hydrogen (secondary N) is 1. The molecule has 5 heteroatoms. The van der Waals surface area contributed by atoms with E-state index in [0.29, 0.717) is 37.8 Å². The minimum atomic E-state index is -0.108. The molecule has 0 saturated carbocycles. The Morgan fingerprint density at radius 1 is 0.837 bits per heavy atom. The maximum Gasteiger partial charge on any atom is 0.297 e. The predicted octanol–water partition coefficient (Wildman–Crippen LogP) is 10.2. The van der Waals surface area contributed by atoms with Crippen molar-refractivity contribution in [3.63, 3.8) is 0 Å². The number of fused-ring (bicyclic) bond motifs is 1. The van der Waals surface area contributed by atoms with Crippen LogP contribution in [0.3, 0.4) is 0 Å². The summed E-state index contributed by atoms with van der Waals surface area (Å²) in [4.78, 5) is 14.1. The molecule has 0 radical (unpaired) electrons. The fourth-order valence-corrected chi connectivity index (χ4v) is 5.13. The summed E-state index contributed by atoms with van der Waals surface area (Å²) < 4.78 is 14.5. The van der Waals surface area contributed by atoms with E-state index in [1.807, 2.05) is 10.6 Å². The summed E-state index contributed by atoms with van der Waals surface area (Å²) in [5, 5.41) is 4.47. The molecular formula is C38H54N2O3. The third-order valence-corrected chi connectivity index (χ3v) is 7.75. The standard InChI is InChI=1S/C38H54N2O3/c1-6-8-10-11-12-16-25-40-35-28-33(39-29-32-20-14-13-15-21-32)22-23-34(35)36(42-26-9-7-2)37(38(40)41)43-27-24-31(5)19-17-18-30(3)4/h13-15,18,20-24,28,39H,6-12,16-17,19,25-27,29H2,1-5H3/b31-24+. The first-order valence-electron chi connectivity index (χ1n) is 16.5. The van der Waals surface area contributed by atoms with Gasteiger partial charge in [-0.15, -0.1) is 0 Å². The number of hydrogen-bond donors (Lipinski definition) is 1. The molecule has 0 aliphatic heterocycles. The van der Waals surface area contributed by atoms with Crippen molar-refractivity contribution in [3.8, 4) is 11.5 Å². The summed E-state index contributed by atoms with van der Waals surface area (Å²) in [6.45, 7) is 13.0. The van der Waals surface area contributed by atoms with Crippen molar-refractivity contribution in [1.29, 1.82) is 0 Å². The lowest BCUT2D eigenvalue weighted by Gasteiger charge is -2.19. The van der Waals surface area contributed by atoms with Crippen LogP contribution in [0.4, 0.5) is 5.69 Å². The van der Waals surface area contributed by atoms with Crippen molar-refractivity contribution >= 4 is 16.6 Å². The number of rotatable bonds is 20. The van der Waals surface area contributed by atoms with Gasteiger partial charge >= 0.3 is 0 Å². The van der Waals surface area contributed by atoms with Crippen molar-refractivity contribution in [2.45, 2.75) is 112 Å². The van der Waals surface area contributed by atoms with Crippen molar-refractivity contribution in [2.75, 3.05) is 18.5 Å². The number of anilines is 1. The van der Waals surface area contributed by atoms with E-state index in [2.05, 4.69) is 94.6 Å². The molecule has 0 amide bonds. The highest BCUT2D eigenvalue weighted by Crippen LogP contribution is 2.35. The first-order chi connectivity index (χ1) is 20.9. The third-order valence-electron chi connectivity index (χ3n) is 7.75. The Morgan fingerprint density at radius 3 is 2.33 bits per heavy atom.